The Bertz CT molecular complexity index is 286. The molecule has 1 aliphatic carbocycles. The summed E-state index contributed by atoms with van der Waals surface area (Å²) in [6.07, 6.45) is 2.86. The minimum atomic E-state index is 0.366. The third kappa shape index (κ3) is 3.27. The molecule has 2 aliphatic rings. The molecule has 0 bridgehead atoms. The van der Waals surface area contributed by atoms with Crippen molar-refractivity contribution in [3.8, 4) is 0 Å². The summed E-state index contributed by atoms with van der Waals surface area (Å²) in [5.41, 5.74) is 0.998. The van der Waals surface area contributed by atoms with Crippen LogP contribution < -0.4 is 5.32 Å². The molecular weight excluding hydrogens is 220 g/mol. The Balaban J connectivity index is 2.03. The Morgan fingerprint density at radius 2 is 1.89 bits per heavy atom. The third-order valence-corrected chi connectivity index (χ3v) is 4.96. The van der Waals surface area contributed by atoms with Crippen LogP contribution in [-0.2, 0) is 0 Å². The first-order valence-corrected chi connectivity index (χ1v) is 7.69. The molecule has 1 saturated heterocycles. The molecule has 0 aromatic heterocycles. The fourth-order valence-electron chi connectivity index (χ4n) is 3.11. The predicted octanol–water partition coefficient (Wildman–Crippen LogP) is 3.13. The molecule has 1 N–H and O–H groups in total. The van der Waals surface area contributed by atoms with Gasteiger partial charge in [-0.1, -0.05) is 41.5 Å². The highest BCUT2D eigenvalue weighted by Crippen LogP contribution is 2.46. The van der Waals surface area contributed by atoms with Gasteiger partial charge in [-0.15, -0.1) is 0 Å². The maximum Gasteiger partial charge on any atom is 0.0244 e. The summed E-state index contributed by atoms with van der Waals surface area (Å²) in [6, 6.07) is 1.36. The lowest BCUT2D eigenvalue weighted by Crippen LogP contribution is -2.62. The molecule has 0 amide bonds. The zero-order valence-corrected chi connectivity index (χ0v) is 13.2. The van der Waals surface area contributed by atoms with Crippen LogP contribution in [-0.4, -0.2) is 36.6 Å². The maximum absolute atomic E-state index is 3.78. The van der Waals surface area contributed by atoms with Crippen LogP contribution in [0.25, 0.3) is 0 Å². The molecule has 0 aromatic carbocycles. The van der Waals surface area contributed by atoms with Gasteiger partial charge in [0.2, 0.25) is 0 Å². The Morgan fingerprint density at radius 1 is 1.28 bits per heavy atom. The normalized spacial score (nSPS) is 32.8. The van der Waals surface area contributed by atoms with Gasteiger partial charge in [-0.2, -0.15) is 0 Å². The van der Waals surface area contributed by atoms with Crippen molar-refractivity contribution in [2.45, 2.75) is 66.5 Å². The van der Waals surface area contributed by atoms with Crippen molar-refractivity contribution in [3.63, 3.8) is 0 Å². The van der Waals surface area contributed by atoms with Crippen LogP contribution in [0, 0.1) is 16.7 Å². The molecule has 2 fully saturated rings. The smallest absolute Gasteiger partial charge is 0.0244 e. The average molecular weight is 252 g/mol. The van der Waals surface area contributed by atoms with Gasteiger partial charge >= 0.3 is 0 Å². The second-order valence-corrected chi connectivity index (χ2v) is 8.38. The number of hydrogen-bond donors (Lipinski definition) is 1. The molecule has 106 valence electrons. The van der Waals surface area contributed by atoms with Gasteiger partial charge in [-0.25, -0.2) is 0 Å². The molecule has 1 saturated carbocycles. The van der Waals surface area contributed by atoms with E-state index in [2.05, 4.69) is 51.8 Å². The summed E-state index contributed by atoms with van der Waals surface area (Å²) < 4.78 is 0. The molecule has 1 heterocycles. The van der Waals surface area contributed by atoms with E-state index in [9.17, 15) is 0 Å². The van der Waals surface area contributed by atoms with Gasteiger partial charge in [-0.3, -0.25) is 4.90 Å². The highest BCUT2D eigenvalue weighted by Gasteiger charge is 2.43. The summed E-state index contributed by atoms with van der Waals surface area (Å²) in [5, 5.41) is 3.78. The first-order valence-electron chi connectivity index (χ1n) is 7.69. The van der Waals surface area contributed by atoms with Crippen LogP contribution >= 0.6 is 0 Å². The molecule has 0 aromatic rings. The summed E-state index contributed by atoms with van der Waals surface area (Å²) in [5.74, 6) is 0.751. The van der Waals surface area contributed by atoms with Crippen LogP contribution in [0.1, 0.15) is 54.4 Å². The molecule has 2 rings (SSSR count). The van der Waals surface area contributed by atoms with E-state index in [4.69, 9.17) is 0 Å². The van der Waals surface area contributed by atoms with Gasteiger partial charge in [0.1, 0.15) is 0 Å². The molecule has 2 unspecified atom stereocenters. The van der Waals surface area contributed by atoms with E-state index in [0.717, 1.165) is 18.5 Å². The standard InChI is InChI=1S/C16H32N2/c1-12(2)13-9-17-14(15(3,4)5)10-18(13)11-16(6)7-8-16/h12-14,17H,7-11H2,1-6H3. The van der Waals surface area contributed by atoms with Crippen molar-refractivity contribution >= 4 is 0 Å². The van der Waals surface area contributed by atoms with E-state index in [1.807, 2.05) is 0 Å². The Hall–Kier alpha value is -0.0800. The van der Waals surface area contributed by atoms with Crippen LogP contribution in [0.4, 0.5) is 0 Å². The largest absolute Gasteiger partial charge is 0.311 e. The van der Waals surface area contributed by atoms with E-state index in [1.165, 1.54) is 25.9 Å². The van der Waals surface area contributed by atoms with Crippen LogP contribution in [0.5, 0.6) is 0 Å². The third-order valence-electron chi connectivity index (χ3n) is 4.96. The second kappa shape index (κ2) is 4.79. The zero-order chi connectivity index (χ0) is 13.6. The van der Waals surface area contributed by atoms with Crippen molar-refractivity contribution in [1.29, 1.82) is 0 Å². The Kier molecular flexibility index (Phi) is 3.81. The molecule has 1 aliphatic heterocycles. The molecule has 2 atom stereocenters. The van der Waals surface area contributed by atoms with E-state index in [1.54, 1.807) is 0 Å². The molecular formula is C16H32N2. The van der Waals surface area contributed by atoms with Crippen molar-refractivity contribution < 1.29 is 0 Å². The lowest BCUT2D eigenvalue weighted by Gasteiger charge is -2.47. The number of piperazine rings is 1. The molecule has 0 radical (unpaired) electrons. The van der Waals surface area contributed by atoms with Gasteiger partial charge in [0.15, 0.2) is 0 Å². The van der Waals surface area contributed by atoms with Crippen LogP contribution in [0.2, 0.25) is 0 Å². The summed E-state index contributed by atoms with van der Waals surface area (Å²) in [4.78, 5) is 2.78. The quantitative estimate of drug-likeness (QED) is 0.830. The van der Waals surface area contributed by atoms with Crippen molar-refractivity contribution in [3.05, 3.63) is 0 Å². The van der Waals surface area contributed by atoms with E-state index in [0.29, 0.717) is 16.9 Å². The molecule has 18 heavy (non-hydrogen) atoms. The SMILES string of the molecule is CC(C)C1CNC(C(C)(C)C)CN1CC1(C)CC1. The van der Waals surface area contributed by atoms with Gasteiger partial charge in [0.25, 0.3) is 0 Å². The van der Waals surface area contributed by atoms with Crippen LogP contribution in [0.15, 0.2) is 0 Å². The summed E-state index contributed by atoms with van der Waals surface area (Å²) in [6.45, 7) is 18.0. The van der Waals surface area contributed by atoms with Crippen molar-refractivity contribution in [1.82, 2.24) is 10.2 Å². The highest BCUT2D eigenvalue weighted by molar-refractivity contribution is 4.98. The molecule has 0 spiro atoms. The van der Waals surface area contributed by atoms with Crippen molar-refractivity contribution in [2.75, 3.05) is 19.6 Å². The maximum atomic E-state index is 3.78. The van der Waals surface area contributed by atoms with Gasteiger partial charge < -0.3 is 5.32 Å². The van der Waals surface area contributed by atoms with Crippen LogP contribution in [0.3, 0.4) is 0 Å². The van der Waals surface area contributed by atoms with E-state index in [-0.39, 0.29) is 0 Å². The minimum absolute atomic E-state index is 0.366. The molecule has 2 nitrogen and oxygen atoms in total. The zero-order valence-electron chi connectivity index (χ0n) is 13.2. The first kappa shape index (κ1) is 14.3. The molecule has 2 heteroatoms. The number of rotatable bonds is 3. The monoisotopic (exact) mass is 252 g/mol. The number of nitrogens with one attached hydrogen (secondary N) is 1. The lowest BCUT2D eigenvalue weighted by molar-refractivity contribution is 0.0492. The first-order chi connectivity index (χ1) is 8.21. The number of nitrogens with zero attached hydrogens (tertiary/aromatic N) is 1. The predicted molar refractivity (Wildman–Crippen MR) is 78.8 cm³/mol. The Morgan fingerprint density at radius 3 is 2.33 bits per heavy atom. The fourth-order valence-corrected chi connectivity index (χ4v) is 3.11. The van der Waals surface area contributed by atoms with Gasteiger partial charge in [-0.05, 0) is 29.6 Å². The summed E-state index contributed by atoms with van der Waals surface area (Å²) in [7, 11) is 0. The minimum Gasteiger partial charge on any atom is -0.311 e. The fraction of sp³-hybridized carbons (Fsp3) is 1.00. The van der Waals surface area contributed by atoms with Crippen molar-refractivity contribution in [2.24, 2.45) is 16.7 Å². The number of hydrogen-bond acceptors (Lipinski definition) is 2. The van der Waals surface area contributed by atoms with E-state index < -0.39 is 0 Å². The van der Waals surface area contributed by atoms with E-state index >= 15 is 0 Å². The lowest BCUT2D eigenvalue weighted by atomic mass is 9.83. The van der Waals surface area contributed by atoms with Gasteiger partial charge in [0, 0.05) is 31.7 Å². The topological polar surface area (TPSA) is 15.3 Å². The highest BCUT2D eigenvalue weighted by atomic mass is 15.2. The average Bonchev–Trinajstić information content (AvgIpc) is 2.94. The summed E-state index contributed by atoms with van der Waals surface area (Å²) >= 11 is 0. The van der Waals surface area contributed by atoms with Gasteiger partial charge in [0.05, 0.1) is 0 Å². The Labute approximate surface area is 114 Å². The second-order valence-electron chi connectivity index (χ2n) is 8.38.